The summed E-state index contributed by atoms with van der Waals surface area (Å²) in [5.41, 5.74) is 2.65. The zero-order chi connectivity index (χ0) is 14.0. The lowest BCUT2D eigenvalue weighted by Crippen LogP contribution is -2.07. The zero-order valence-electron chi connectivity index (χ0n) is 11.2. The first-order chi connectivity index (χ1) is 9.06. The Morgan fingerprint density at radius 1 is 1.26 bits per heavy atom. The molecular formula is C15H17NO3. The van der Waals surface area contributed by atoms with Gasteiger partial charge in [-0.1, -0.05) is 6.07 Å². The molecule has 1 aromatic carbocycles. The predicted molar refractivity (Wildman–Crippen MR) is 72.3 cm³/mol. The lowest BCUT2D eigenvalue weighted by molar-refractivity contribution is 0.132. The number of methoxy groups -OCH3 is 1. The predicted octanol–water partition coefficient (Wildman–Crippen LogP) is 2.85. The van der Waals surface area contributed by atoms with Gasteiger partial charge in [0.15, 0.2) is 0 Å². The van der Waals surface area contributed by atoms with Gasteiger partial charge >= 0.3 is 0 Å². The molecule has 4 heteroatoms. The van der Waals surface area contributed by atoms with Crippen molar-refractivity contribution in [3.8, 4) is 11.5 Å². The number of hydrogen-bond donors (Lipinski definition) is 2. The minimum absolute atomic E-state index is 0.114. The standard InChI is InChI=1S/C15H17NO3/c1-9-7-12(17)13(10(2)14(9)18)15(19-3)11-5-4-6-16-8-11/h4-8,15,17-18H,1-3H3. The maximum atomic E-state index is 10.1. The number of aryl methyl sites for hydroxylation is 1. The van der Waals surface area contributed by atoms with Crippen molar-refractivity contribution >= 4 is 0 Å². The molecule has 2 N–H and O–H groups in total. The molecule has 0 radical (unpaired) electrons. The van der Waals surface area contributed by atoms with Crippen molar-refractivity contribution in [2.24, 2.45) is 0 Å². The van der Waals surface area contributed by atoms with Gasteiger partial charge in [0.05, 0.1) is 0 Å². The first kappa shape index (κ1) is 13.4. The lowest BCUT2D eigenvalue weighted by Gasteiger charge is -2.21. The third kappa shape index (κ3) is 2.39. The molecule has 1 aromatic heterocycles. The quantitative estimate of drug-likeness (QED) is 0.832. The van der Waals surface area contributed by atoms with Gasteiger partial charge in [0.1, 0.15) is 17.6 Å². The number of phenols is 2. The average Bonchev–Trinajstić information content (AvgIpc) is 2.42. The van der Waals surface area contributed by atoms with Crippen LogP contribution in [-0.4, -0.2) is 22.3 Å². The molecule has 0 aliphatic carbocycles. The van der Waals surface area contributed by atoms with Crippen LogP contribution >= 0.6 is 0 Å². The Balaban J connectivity index is 2.60. The van der Waals surface area contributed by atoms with Crippen LogP contribution in [0.15, 0.2) is 30.6 Å². The van der Waals surface area contributed by atoms with Crippen molar-refractivity contribution in [3.05, 3.63) is 52.8 Å². The highest BCUT2D eigenvalue weighted by Crippen LogP contribution is 2.39. The van der Waals surface area contributed by atoms with E-state index in [1.165, 1.54) is 0 Å². The van der Waals surface area contributed by atoms with E-state index in [0.29, 0.717) is 16.7 Å². The molecule has 19 heavy (non-hydrogen) atoms. The van der Waals surface area contributed by atoms with Gasteiger partial charge in [-0.05, 0) is 31.5 Å². The van der Waals surface area contributed by atoms with Crippen LogP contribution in [-0.2, 0) is 4.74 Å². The van der Waals surface area contributed by atoms with E-state index in [4.69, 9.17) is 4.74 Å². The normalized spacial score (nSPS) is 12.4. The van der Waals surface area contributed by atoms with Crippen LogP contribution in [0.25, 0.3) is 0 Å². The largest absolute Gasteiger partial charge is 0.508 e. The molecule has 1 unspecified atom stereocenters. The number of phenolic OH excluding ortho intramolecular Hbond substituents is 2. The summed E-state index contributed by atoms with van der Waals surface area (Å²) in [6, 6.07) is 5.22. The van der Waals surface area contributed by atoms with Gasteiger partial charge in [0, 0.05) is 36.2 Å². The van der Waals surface area contributed by atoms with Crippen LogP contribution in [0.3, 0.4) is 0 Å². The van der Waals surface area contributed by atoms with Crippen LogP contribution in [0.2, 0.25) is 0 Å². The molecule has 0 amide bonds. The van der Waals surface area contributed by atoms with Crippen LogP contribution < -0.4 is 0 Å². The lowest BCUT2D eigenvalue weighted by atomic mass is 9.94. The Morgan fingerprint density at radius 3 is 2.58 bits per heavy atom. The Morgan fingerprint density at radius 2 is 2.00 bits per heavy atom. The molecule has 100 valence electrons. The minimum Gasteiger partial charge on any atom is -0.508 e. The molecule has 0 spiro atoms. The van der Waals surface area contributed by atoms with E-state index in [-0.39, 0.29) is 11.5 Å². The Hall–Kier alpha value is -2.07. The highest BCUT2D eigenvalue weighted by Gasteiger charge is 2.22. The summed E-state index contributed by atoms with van der Waals surface area (Å²) in [6.45, 7) is 3.51. The van der Waals surface area contributed by atoms with Gasteiger partial charge in [-0.3, -0.25) is 4.98 Å². The second-order valence-electron chi connectivity index (χ2n) is 4.50. The number of nitrogens with zero attached hydrogens (tertiary/aromatic N) is 1. The van der Waals surface area contributed by atoms with Gasteiger partial charge in [-0.2, -0.15) is 0 Å². The highest BCUT2D eigenvalue weighted by atomic mass is 16.5. The summed E-state index contributed by atoms with van der Waals surface area (Å²) < 4.78 is 5.47. The second kappa shape index (κ2) is 5.28. The molecule has 2 aromatic rings. The first-order valence-corrected chi connectivity index (χ1v) is 6.01. The summed E-state index contributed by atoms with van der Waals surface area (Å²) in [7, 11) is 1.56. The van der Waals surface area contributed by atoms with Crippen molar-refractivity contribution in [2.75, 3.05) is 7.11 Å². The van der Waals surface area contributed by atoms with Crippen molar-refractivity contribution in [2.45, 2.75) is 20.0 Å². The van der Waals surface area contributed by atoms with Crippen molar-refractivity contribution in [1.29, 1.82) is 0 Å². The van der Waals surface area contributed by atoms with Gasteiger partial charge in [0.2, 0.25) is 0 Å². The topological polar surface area (TPSA) is 62.6 Å². The summed E-state index contributed by atoms with van der Waals surface area (Å²) in [5, 5.41) is 20.2. The number of hydrogen-bond acceptors (Lipinski definition) is 4. The zero-order valence-corrected chi connectivity index (χ0v) is 11.2. The van der Waals surface area contributed by atoms with E-state index in [0.717, 1.165) is 5.56 Å². The molecule has 0 saturated carbocycles. The maximum Gasteiger partial charge on any atom is 0.122 e. The molecule has 0 aliphatic rings. The van der Waals surface area contributed by atoms with E-state index in [1.54, 1.807) is 39.4 Å². The monoisotopic (exact) mass is 259 g/mol. The summed E-state index contributed by atoms with van der Waals surface area (Å²) >= 11 is 0. The fourth-order valence-corrected chi connectivity index (χ4v) is 2.25. The Kier molecular flexibility index (Phi) is 3.71. The fraction of sp³-hybridized carbons (Fsp3) is 0.267. The van der Waals surface area contributed by atoms with Crippen LogP contribution in [0.4, 0.5) is 0 Å². The van der Waals surface area contributed by atoms with Crippen LogP contribution in [0.5, 0.6) is 11.5 Å². The van der Waals surface area contributed by atoms with Crippen molar-refractivity contribution in [1.82, 2.24) is 4.98 Å². The number of aromatic hydroxyl groups is 2. The SMILES string of the molecule is COC(c1cccnc1)c1c(O)cc(C)c(O)c1C. The average molecular weight is 259 g/mol. The molecule has 0 saturated heterocycles. The highest BCUT2D eigenvalue weighted by molar-refractivity contribution is 5.54. The Labute approximate surface area is 112 Å². The molecule has 1 atom stereocenters. The maximum absolute atomic E-state index is 10.1. The van der Waals surface area contributed by atoms with Gasteiger partial charge in [0.25, 0.3) is 0 Å². The van der Waals surface area contributed by atoms with Crippen LogP contribution in [0, 0.1) is 13.8 Å². The van der Waals surface area contributed by atoms with Gasteiger partial charge in [-0.15, -0.1) is 0 Å². The molecule has 0 fully saturated rings. The summed E-state index contributed by atoms with van der Waals surface area (Å²) in [6.07, 6.45) is 2.90. The van der Waals surface area contributed by atoms with E-state index < -0.39 is 6.10 Å². The smallest absolute Gasteiger partial charge is 0.122 e. The molecule has 0 aliphatic heterocycles. The van der Waals surface area contributed by atoms with Gasteiger partial charge in [-0.25, -0.2) is 0 Å². The molecule has 1 heterocycles. The van der Waals surface area contributed by atoms with E-state index >= 15 is 0 Å². The molecule has 4 nitrogen and oxygen atoms in total. The number of pyridine rings is 1. The summed E-state index contributed by atoms with van der Waals surface area (Å²) in [4.78, 5) is 4.05. The number of ether oxygens (including phenoxy) is 1. The third-order valence-electron chi connectivity index (χ3n) is 3.25. The van der Waals surface area contributed by atoms with E-state index in [9.17, 15) is 10.2 Å². The van der Waals surface area contributed by atoms with E-state index in [2.05, 4.69) is 4.98 Å². The number of rotatable bonds is 3. The van der Waals surface area contributed by atoms with E-state index in [1.807, 2.05) is 12.1 Å². The molecule has 0 bridgehead atoms. The summed E-state index contributed by atoms with van der Waals surface area (Å²) in [5.74, 6) is 0.294. The number of aromatic nitrogens is 1. The fourth-order valence-electron chi connectivity index (χ4n) is 2.25. The third-order valence-corrected chi connectivity index (χ3v) is 3.25. The minimum atomic E-state index is -0.458. The molecule has 2 rings (SSSR count). The van der Waals surface area contributed by atoms with Crippen LogP contribution in [0.1, 0.15) is 28.4 Å². The molecular weight excluding hydrogens is 242 g/mol. The first-order valence-electron chi connectivity index (χ1n) is 6.01. The van der Waals surface area contributed by atoms with Crippen molar-refractivity contribution < 1.29 is 14.9 Å². The Bertz CT molecular complexity index is 582. The number of benzene rings is 1. The van der Waals surface area contributed by atoms with Gasteiger partial charge < -0.3 is 14.9 Å². The van der Waals surface area contributed by atoms with Crippen molar-refractivity contribution in [3.63, 3.8) is 0 Å². The second-order valence-corrected chi connectivity index (χ2v) is 4.50.